The van der Waals surface area contributed by atoms with Gasteiger partial charge in [-0.3, -0.25) is 4.57 Å². The maximum Gasteiger partial charge on any atom is 0.340 e. The molecule has 0 atom stereocenters. The normalized spacial score (nSPS) is 11.0. The number of methoxy groups -OCH3 is 1. The third kappa shape index (κ3) is 4.02. The molecule has 0 aliphatic heterocycles. The number of nitrogens with zero attached hydrogens (tertiary/aromatic N) is 2. The van der Waals surface area contributed by atoms with Crippen LogP contribution < -0.4 is 16.2 Å². The second-order valence-electron chi connectivity index (χ2n) is 7.40. The fourth-order valence-electron chi connectivity index (χ4n) is 3.84. The molecule has 3 aromatic carbocycles. The van der Waals surface area contributed by atoms with Crippen molar-refractivity contribution in [3.63, 3.8) is 0 Å². The minimum absolute atomic E-state index is 0.411. The molecule has 0 aliphatic carbocycles. The number of esters is 1. The number of benzene rings is 3. The zero-order valence-electron chi connectivity index (χ0n) is 18.2. The number of imidazole rings is 1. The molecular weight excluding hydrogens is 404 g/mol. The number of para-hydroxylation sites is 1. The Hall–Kier alpha value is -3.84. The van der Waals surface area contributed by atoms with Gasteiger partial charge in [0.2, 0.25) is 0 Å². The van der Waals surface area contributed by atoms with E-state index >= 15 is 0 Å². The number of aromatic nitrogens is 2. The summed E-state index contributed by atoms with van der Waals surface area (Å²) in [7, 11) is 1.37. The summed E-state index contributed by atoms with van der Waals surface area (Å²) in [6.07, 6.45) is 0. The third-order valence-corrected chi connectivity index (χ3v) is 5.37. The first-order chi connectivity index (χ1) is 15.5. The first-order valence-corrected chi connectivity index (χ1v) is 10.4. The van der Waals surface area contributed by atoms with Crippen LogP contribution in [0.5, 0.6) is 6.01 Å². The molecule has 7 heteroatoms. The molecule has 1 heterocycles. The summed E-state index contributed by atoms with van der Waals surface area (Å²) in [5.41, 5.74) is 18.5. The predicted molar refractivity (Wildman–Crippen MR) is 126 cm³/mol. The Bertz CT molecular complexity index is 1260. The van der Waals surface area contributed by atoms with Gasteiger partial charge < -0.3 is 20.9 Å². The van der Waals surface area contributed by atoms with E-state index in [1.165, 1.54) is 7.11 Å². The highest BCUT2D eigenvalue weighted by atomic mass is 16.5. The Kier molecular flexibility index (Phi) is 6.09. The van der Waals surface area contributed by atoms with Crippen LogP contribution in [0, 0.1) is 0 Å². The fourth-order valence-corrected chi connectivity index (χ4v) is 3.84. The standard InChI is InChI=1S/C25H26N4O3/c1-3-32-25-28-22-6-4-5-20(24(30)31-2)23(22)29(25)15-16-7-9-17(10-8-16)21-13-19(27)12-11-18(21)14-26/h4-13H,3,14-15,26-27H2,1-2H3. The van der Waals surface area contributed by atoms with E-state index in [1.54, 1.807) is 12.1 Å². The number of ether oxygens (including phenoxy) is 2. The van der Waals surface area contributed by atoms with Gasteiger partial charge in [0, 0.05) is 12.2 Å². The molecule has 0 unspecified atom stereocenters. The van der Waals surface area contributed by atoms with Gasteiger partial charge in [0.05, 0.1) is 36.9 Å². The maximum absolute atomic E-state index is 12.4. The zero-order chi connectivity index (χ0) is 22.7. The zero-order valence-corrected chi connectivity index (χ0v) is 18.2. The lowest BCUT2D eigenvalue weighted by molar-refractivity contribution is 0.0602. The molecule has 1 aromatic heterocycles. The van der Waals surface area contributed by atoms with Crippen molar-refractivity contribution in [3.05, 3.63) is 77.4 Å². The van der Waals surface area contributed by atoms with Crippen molar-refractivity contribution in [2.75, 3.05) is 19.5 Å². The number of fused-ring (bicyclic) bond motifs is 1. The van der Waals surface area contributed by atoms with Gasteiger partial charge in [0.25, 0.3) is 6.01 Å². The van der Waals surface area contributed by atoms with Gasteiger partial charge in [-0.15, -0.1) is 0 Å². The molecule has 0 aliphatic rings. The molecule has 0 saturated heterocycles. The van der Waals surface area contributed by atoms with Crippen molar-refractivity contribution in [1.29, 1.82) is 0 Å². The van der Waals surface area contributed by atoms with E-state index in [-0.39, 0.29) is 0 Å². The molecule has 0 saturated carbocycles. The van der Waals surface area contributed by atoms with Gasteiger partial charge in [-0.05, 0) is 53.4 Å². The van der Waals surface area contributed by atoms with Crippen molar-refractivity contribution < 1.29 is 14.3 Å². The Labute approximate surface area is 186 Å². The summed E-state index contributed by atoms with van der Waals surface area (Å²) in [6, 6.07) is 19.8. The minimum Gasteiger partial charge on any atom is -0.465 e. The predicted octanol–water partition coefficient (Wildman–Crippen LogP) is 3.98. The average Bonchev–Trinajstić information content (AvgIpc) is 3.16. The summed E-state index contributed by atoms with van der Waals surface area (Å²) in [4.78, 5) is 16.9. The summed E-state index contributed by atoms with van der Waals surface area (Å²) in [5.74, 6) is -0.411. The van der Waals surface area contributed by atoms with Crippen LogP contribution in [0.2, 0.25) is 0 Å². The number of carbonyl (C=O) groups is 1. The summed E-state index contributed by atoms with van der Waals surface area (Å²) >= 11 is 0. The van der Waals surface area contributed by atoms with E-state index in [4.69, 9.17) is 20.9 Å². The Morgan fingerprint density at radius 2 is 1.88 bits per heavy atom. The molecule has 0 spiro atoms. The smallest absolute Gasteiger partial charge is 0.340 e. The van der Waals surface area contributed by atoms with E-state index in [1.807, 2.05) is 60.0 Å². The quantitative estimate of drug-likeness (QED) is 0.339. The lowest BCUT2D eigenvalue weighted by Crippen LogP contribution is -2.09. The van der Waals surface area contributed by atoms with E-state index in [0.717, 1.165) is 22.3 Å². The molecule has 4 N–H and O–H groups in total. The van der Waals surface area contributed by atoms with Crippen LogP contribution in [0.3, 0.4) is 0 Å². The molecule has 0 bridgehead atoms. The number of hydrogen-bond acceptors (Lipinski definition) is 6. The number of carbonyl (C=O) groups excluding carboxylic acids is 1. The highest BCUT2D eigenvalue weighted by Crippen LogP contribution is 2.29. The van der Waals surface area contributed by atoms with Gasteiger partial charge in [-0.2, -0.15) is 4.98 Å². The van der Waals surface area contributed by atoms with Crippen LogP contribution >= 0.6 is 0 Å². The largest absolute Gasteiger partial charge is 0.465 e. The summed E-state index contributed by atoms with van der Waals surface area (Å²) in [6.45, 7) is 3.29. The lowest BCUT2D eigenvalue weighted by atomic mass is 9.98. The minimum atomic E-state index is -0.411. The number of nitrogen functional groups attached to an aromatic ring is 1. The summed E-state index contributed by atoms with van der Waals surface area (Å²) < 4.78 is 12.7. The Morgan fingerprint density at radius 1 is 1.09 bits per heavy atom. The molecule has 0 radical (unpaired) electrons. The molecule has 0 amide bonds. The number of nitrogens with two attached hydrogens (primary N) is 2. The molecule has 4 rings (SSSR count). The Balaban J connectivity index is 1.74. The average molecular weight is 431 g/mol. The first kappa shape index (κ1) is 21.4. The highest BCUT2D eigenvalue weighted by molar-refractivity contribution is 6.02. The van der Waals surface area contributed by atoms with Crippen LogP contribution in [0.1, 0.15) is 28.4 Å². The molecule has 4 aromatic rings. The van der Waals surface area contributed by atoms with E-state index in [0.29, 0.717) is 48.0 Å². The SMILES string of the molecule is CCOc1nc2cccc(C(=O)OC)c2n1Cc1ccc(-c2cc(N)ccc2CN)cc1. The van der Waals surface area contributed by atoms with Crippen molar-refractivity contribution in [3.8, 4) is 17.1 Å². The van der Waals surface area contributed by atoms with Crippen LogP contribution in [-0.2, 0) is 17.8 Å². The van der Waals surface area contributed by atoms with Gasteiger partial charge in [-0.25, -0.2) is 4.79 Å². The van der Waals surface area contributed by atoms with E-state index in [2.05, 4.69) is 4.98 Å². The molecule has 32 heavy (non-hydrogen) atoms. The van der Waals surface area contributed by atoms with Crippen molar-refractivity contribution in [1.82, 2.24) is 9.55 Å². The maximum atomic E-state index is 12.4. The third-order valence-electron chi connectivity index (χ3n) is 5.37. The molecular formula is C25H26N4O3. The number of rotatable bonds is 7. The van der Waals surface area contributed by atoms with Gasteiger partial charge >= 0.3 is 5.97 Å². The van der Waals surface area contributed by atoms with Crippen LogP contribution in [-0.4, -0.2) is 29.2 Å². The second kappa shape index (κ2) is 9.11. The van der Waals surface area contributed by atoms with Crippen LogP contribution in [0.4, 0.5) is 5.69 Å². The van der Waals surface area contributed by atoms with Gasteiger partial charge in [0.15, 0.2) is 0 Å². The highest BCUT2D eigenvalue weighted by Gasteiger charge is 2.19. The number of anilines is 1. The van der Waals surface area contributed by atoms with Crippen molar-refractivity contribution in [2.45, 2.75) is 20.0 Å². The summed E-state index contributed by atoms with van der Waals surface area (Å²) in [5, 5.41) is 0. The topological polar surface area (TPSA) is 105 Å². The monoisotopic (exact) mass is 430 g/mol. The van der Waals surface area contributed by atoms with E-state index in [9.17, 15) is 4.79 Å². The van der Waals surface area contributed by atoms with Crippen molar-refractivity contribution >= 4 is 22.7 Å². The van der Waals surface area contributed by atoms with Gasteiger partial charge in [0.1, 0.15) is 0 Å². The first-order valence-electron chi connectivity index (χ1n) is 10.4. The number of hydrogen-bond donors (Lipinski definition) is 2. The van der Waals surface area contributed by atoms with Crippen LogP contribution in [0.25, 0.3) is 22.2 Å². The van der Waals surface area contributed by atoms with Crippen molar-refractivity contribution in [2.24, 2.45) is 5.73 Å². The molecule has 164 valence electrons. The Morgan fingerprint density at radius 3 is 2.56 bits per heavy atom. The second-order valence-corrected chi connectivity index (χ2v) is 7.40. The van der Waals surface area contributed by atoms with Gasteiger partial charge in [-0.1, -0.05) is 36.4 Å². The van der Waals surface area contributed by atoms with E-state index < -0.39 is 5.97 Å². The molecule has 7 nitrogen and oxygen atoms in total. The molecule has 0 fully saturated rings. The lowest BCUT2D eigenvalue weighted by Gasteiger charge is -2.13. The fraction of sp³-hybridized carbons (Fsp3) is 0.200. The van der Waals surface area contributed by atoms with Crippen LogP contribution in [0.15, 0.2) is 60.7 Å².